The first-order valence-electron chi connectivity index (χ1n) is 19.4. The van der Waals surface area contributed by atoms with Gasteiger partial charge in [-0.1, -0.05) is 60.6 Å². The SMILES string of the molecule is C=C(C)[C@@H]1CC[C@]2(CC(=O)CC3CC3)CC[C@]3(C)[C@H](CC[C@@H]4[C@@]5(C)CC[C@H](OC(=O)CC(C)(C)CC(=O)O)C(C)(C)[C@@H]5CC[C@]43C)[C@@H]12. The van der Waals surface area contributed by atoms with Crippen LogP contribution in [0.25, 0.3) is 0 Å². The first-order valence-corrected chi connectivity index (χ1v) is 19.4. The predicted octanol–water partition coefficient (Wildman–Crippen LogP) is 10.2. The molecule has 264 valence electrons. The monoisotopic (exact) mass is 650 g/mol. The zero-order valence-corrected chi connectivity index (χ0v) is 31.1. The molecular formula is C42H66O5. The van der Waals surface area contributed by atoms with Gasteiger partial charge in [0.2, 0.25) is 0 Å². The van der Waals surface area contributed by atoms with Crippen molar-refractivity contribution in [2.75, 3.05) is 0 Å². The van der Waals surface area contributed by atoms with E-state index in [1.54, 1.807) is 0 Å². The van der Waals surface area contributed by atoms with Crippen molar-refractivity contribution in [1.82, 2.24) is 0 Å². The van der Waals surface area contributed by atoms with Gasteiger partial charge in [-0.05, 0) is 147 Å². The maximum absolute atomic E-state index is 13.5. The third kappa shape index (κ3) is 5.78. The van der Waals surface area contributed by atoms with E-state index in [1.807, 2.05) is 13.8 Å². The summed E-state index contributed by atoms with van der Waals surface area (Å²) < 4.78 is 6.27. The third-order valence-electron chi connectivity index (χ3n) is 16.5. The van der Waals surface area contributed by atoms with E-state index in [9.17, 15) is 19.5 Å². The van der Waals surface area contributed by atoms with E-state index in [4.69, 9.17) is 4.74 Å². The van der Waals surface area contributed by atoms with Crippen LogP contribution in [0.2, 0.25) is 0 Å². The lowest BCUT2D eigenvalue weighted by molar-refractivity contribution is -0.250. The average molecular weight is 651 g/mol. The number of carboxylic acid groups (broad SMARTS) is 1. The van der Waals surface area contributed by atoms with Gasteiger partial charge in [0.1, 0.15) is 11.9 Å². The largest absolute Gasteiger partial charge is 0.481 e. The first-order chi connectivity index (χ1) is 21.8. The molecular weight excluding hydrogens is 584 g/mol. The Hall–Kier alpha value is -1.65. The molecule has 0 spiro atoms. The van der Waals surface area contributed by atoms with Crippen molar-refractivity contribution in [2.45, 2.75) is 164 Å². The molecule has 0 aromatic rings. The molecule has 47 heavy (non-hydrogen) atoms. The molecule has 0 aromatic heterocycles. The summed E-state index contributed by atoms with van der Waals surface area (Å²) >= 11 is 0. The number of carbonyl (C=O) groups is 3. The normalized spacial score (nSPS) is 43.9. The molecule has 5 heteroatoms. The summed E-state index contributed by atoms with van der Waals surface area (Å²) in [6.07, 6.45) is 15.8. The number of carboxylic acids is 1. The van der Waals surface area contributed by atoms with Gasteiger partial charge in [-0.2, -0.15) is 0 Å². The Balaban J connectivity index is 1.23. The Kier molecular flexibility index (Phi) is 8.77. The third-order valence-corrected chi connectivity index (χ3v) is 16.5. The molecule has 0 bridgehead atoms. The maximum Gasteiger partial charge on any atom is 0.306 e. The van der Waals surface area contributed by atoms with Crippen molar-refractivity contribution in [3.8, 4) is 0 Å². The fraction of sp³-hybridized carbons (Fsp3) is 0.881. The van der Waals surface area contributed by atoms with Crippen LogP contribution in [0.15, 0.2) is 12.2 Å². The highest BCUT2D eigenvalue weighted by Crippen LogP contribution is 2.78. The van der Waals surface area contributed by atoms with Crippen LogP contribution in [0.5, 0.6) is 0 Å². The standard InChI is InChI=1S/C42H66O5/c1-26(2)29-14-19-42(23-28(43)22-27-10-11-27)21-20-40(8)30(36(29)42)12-13-32-39(7)17-16-33(38(5,6)31(39)15-18-41(32,40)9)47-35(46)25-37(3,4)24-34(44)45/h27,29-33,36H,1,10-25H2,2-9H3,(H,44,45)/t29-,30+,31-,32+,33-,36+,39-,40+,41+,42+/m0/s1. The summed E-state index contributed by atoms with van der Waals surface area (Å²) in [6, 6.07) is 0. The van der Waals surface area contributed by atoms with Crippen LogP contribution >= 0.6 is 0 Å². The number of ether oxygens (including phenoxy) is 1. The molecule has 6 aliphatic carbocycles. The van der Waals surface area contributed by atoms with Crippen molar-refractivity contribution < 1.29 is 24.2 Å². The highest BCUT2D eigenvalue weighted by molar-refractivity contribution is 5.80. The highest BCUT2D eigenvalue weighted by atomic mass is 16.5. The lowest BCUT2D eigenvalue weighted by atomic mass is 9.32. The Morgan fingerprint density at radius 1 is 0.809 bits per heavy atom. The van der Waals surface area contributed by atoms with Crippen molar-refractivity contribution in [3.05, 3.63) is 12.2 Å². The molecule has 1 N–H and O–H groups in total. The van der Waals surface area contributed by atoms with Crippen LogP contribution in [0, 0.1) is 68.0 Å². The number of esters is 1. The van der Waals surface area contributed by atoms with Gasteiger partial charge in [0.15, 0.2) is 0 Å². The molecule has 6 saturated carbocycles. The molecule has 0 aliphatic heterocycles. The number of ketones is 1. The van der Waals surface area contributed by atoms with E-state index in [2.05, 4.69) is 48.1 Å². The summed E-state index contributed by atoms with van der Waals surface area (Å²) in [5.74, 6) is 2.97. The number of hydrogen-bond donors (Lipinski definition) is 1. The van der Waals surface area contributed by atoms with Gasteiger partial charge in [0, 0.05) is 18.3 Å². The fourth-order valence-corrected chi connectivity index (χ4v) is 13.9. The molecule has 6 fully saturated rings. The van der Waals surface area contributed by atoms with Crippen LogP contribution in [0.1, 0.15) is 158 Å². The minimum absolute atomic E-state index is 0.0389. The zero-order chi connectivity index (χ0) is 34.4. The van der Waals surface area contributed by atoms with E-state index < -0.39 is 11.4 Å². The van der Waals surface area contributed by atoms with Gasteiger partial charge in [0.05, 0.1) is 12.8 Å². The van der Waals surface area contributed by atoms with Crippen molar-refractivity contribution in [1.29, 1.82) is 0 Å². The number of aliphatic carboxylic acids is 1. The molecule has 0 heterocycles. The highest BCUT2D eigenvalue weighted by Gasteiger charge is 2.71. The van der Waals surface area contributed by atoms with E-state index >= 15 is 0 Å². The van der Waals surface area contributed by atoms with Crippen molar-refractivity contribution in [2.24, 2.45) is 68.0 Å². The summed E-state index contributed by atoms with van der Waals surface area (Å²) in [6.45, 7) is 23.1. The van der Waals surface area contributed by atoms with Gasteiger partial charge in [-0.25, -0.2) is 0 Å². The predicted molar refractivity (Wildman–Crippen MR) is 186 cm³/mol. The van der Waals surface area contributed by atoms with Crippen LogP contribution in [0.3, 0.4) is 0 Å². The zero-order valence-electron chi connectivity index (χ0n) is 31.1. The van der Waals surface area contributed by atoms with E-state index in [0.29, 0.717) is 41.3 Å². The topological polar surface area (TPSA) is 80.7 Å². The molecule has 10 atom stereocenters. The molecule has 6 aliphatic rings. The summed E-state index contributed by atoms with van der Waals surface area (Å²) in [7, 11) is 0. The van der Waals surface area contributed by atoms with Gasteiger partial charge in [-0.15, -0.1) is 0 Å². The molecule has 0 unspecified atom stereocenters. The van der Waals surface area contributed by atoms with Gasteiger partial charge < -0.3 is 9.84 Å². The van der Waals surface area contributed by atoms with Crippen molar-refractivity contribution in [3.63, 3.8) is 0 Å². The second-order valence-corrected chi connectivity index (χ2v) is 20.2. The van der Waals surface area contributed by atoms with Crippen molar-refractivity contribution >= 4 is 17.7 Å². The molecule has 0 saturated heterocycles. The van der Waals surface area contributed by atoms with Crippen LogP contribution in [0.4, 0.5) is 0 Å². The second-order valence-electron chi connectivity index (χ2n) is 20.2. The molecule has 0 amide bonds. The van der Waals surface area contributed by atoms with Gasteiger partial charge in [0.25, 0.3) is 0 Å². The van der Waals surface area contributed by atoms with Gasteiger partial charge in [-0.3, -0.25) is 14.4 Å². The molecule has 6 rings (SSSR count). The Morgan fingerprint density at radius 3 is 2.15 bits per heavy atom. The fourth-order valence-electron chi connectivity index (χ4n) is 13.9. The quantitative estimate of drug-likeness (QED) is 0.188. The van der Waals surface area contributed by atoms with E-state index in [-0.39, 0.29) is 52.0 Å². The number of fused-ring (bicyclic) bond motifs is 7. The van der Waals surface area contributed by atoms with Crippen LogP contribution < -0.4 is 0 Å². The first kappa shape index (κ1) is 35.2. The second kappa shape index (κ2) is 11.7. The number of carbonyl (C=O) groups excluding carboxylic acids is 2. The number of allylic oxidation sites excluding steroid dienone is 1. The minimum Gasteiger partial charge on any atom is -0.481 e. The van der Waals surface area contributed by atoms with Gasteiger partial charge >= 0.3 is 11.9 Å². The Bertz CT molecular complexity index is 1290. The Labute approximate surface area is 285 Å². The smallest absolute Gasteiger partial charge is 0.306 e. The summed E-state index contributed by atoms with van der Waals surface area (Å²) in [5, 5.41) is 9.32. The van der Waals surface area contributed by atoms with Crippen LogP contribution in [-0.2, 0) is 19.1 Å². The maximum atomic E-state index is 13.5. The number of rotatable bonds is 10. The lowest BCUT2D eigenvalue weighted by Gasteiger charge is -2.73. The van der Waals surface area contributed by atoms with E-state index in [0.717, 1.165) is 32.1 Å². The number of Topliss-reactive ketones (excluding diaryl/α,β-unsaturated/α-hetero) is 1. The van der Waals surface area contributed by atoms with Crippen LogP contribution in [-0.4, -0.2) is 28.9 Å². The molecule has 0 radical (unpaired) electrons. The lowest BCUT2D eigenvalue weighted by Crippen LogP contribution is -2.66. The average Bonchev–Trinajstić information content (AvgIpc) is 3.66. The minimum atomic E-state index is -0.876. The summed E-state index contributed by atoms with van der Waals surface area (Å²) in [5.41, 5.74) is 1.44. The molecule has 5 nitrogen and oxygen atoms in total. The molecule has 0 aromatic carbocycles. The Morgan fingerprint density at radius 2 is 1.51 bits per heavy atom. The van der Waals surface area contributed by atoms with E-state index in [1.165, 1.54) is 63.4 Å². The summed E-state index contributed by atoms with van der Waals surface area (Å²) in [4.78, 5) is 38.0. The number of hydrogen-bond acceptors (Lipinski definition) is 4.